The molecule has 2 aliphatic rings. The summed E-state index contributed by atoms with van der Waals surface area (Å²) in [6.07, 6.45) is 2.60. The van der Waals surface area contributed by atoms with Crippen molar-refractivity contribution in [2.45, 2.75) is 50.5 Å². The zero-order chi connectivity index (χ0) is 18.9. The first-order valence-corrected chi connectivity index (χ1v) is 10.5. The Hall–Kier alpha value is -1.93. The van der Waals surface area contributed by atoms with E-state index in [-0.39, 0.29) is 23.1 Å². The number of hydrogen-bond acceptors (Lipinski definition) is 4. The van der Waals surface area contributed by atoms with E-state index in [1.807, 2.05) is 6.92 Å². The summed E-state index contributed by atoms with van der Waals surface area (Å²) >= 11 is 0. The first kappa shape index (κ1) is 18.8. The maximum atomic E-state index is 12.7. The molecule has 0 bridgehead atoms. The maximum Gasteiger partial charge on any atom is 0.240 e. The Bertz CT molecular complexity index is 822. The van der Waals surface area contributed by atoms with Gasteiger partial charge < -0.3 is 9.80 Å². The van der Waals surface area contributed by atoms with E-state index >= 15 is 0 Å². The van der Waals surface area contributed by atoms with Crippen molar-refractivity contribution in [2.24, 2.45) is 0 Å². The van der Waals surface area contributed by atoms with Gasteiger partial charge in [-0.15, -0.1) is 0 Å². The van der Waals surface area contributed by atoms with E-state index < -0.39 is 16.1 Å². The number of hydrogen-bond donors (Lipinski definition) is 1. The first-order valence-electron chi connectivity index (χ1n) is 9.03. The Morgan fingerprint density at radius 1 is 1.35 bits per heavy atom. The minimum Gasteiger partial charge on any atom is -0.341 e. The summed E-state index contributed by atoms with van der Waals surface area (Å²) in [5.41, 5.74) is 1.65. The first-order chi connectivity index (χ1) is 12.3. The molecule has 0 aromatic heterocycles. The van der Waals surface area contributed by atoms with E-state index in [1.54, 1.807) is 21.9 Å². The molecule has 0 aliphatic carbocycles. The van der Waals surface area contributed by atoms with Crippen LogP contribution in [0.5, 0.6) is 0 Å². The van der Waals surface area contributed by atoms with Crippen LogP contribution in [-0.2, 0) is 26.0 Å². The molecule has 0 spiro atoms. The highest BCUT2D eigenvalue weighted by molar-refractivity contribution is 7.89. The topological polar surface area (TPSA) is 86.8 Å². The van der Waals surface area contributed by atoms with Gasteiger partial charge in [0.25, 0.3) is 0 Å². The summed E-state index contributed by atoms with van der Waals surface area (Å²) in [7, 11) is -3.71. The van der Waals surface area contributed by atoms with Gasteiger partial charge in [-0.25, -0.2) is 13.1 Å². The summed E-state index contributed by atoms with van der Waals surface area (Å²) < 4.78 is 28.1. The highest BCUT2D eigenvalue weighted by Crippen LogP contribution is 2.29. The van der Waals surface area contributed by atoms with Crippen molar-refractivity contribution >= 4 is 27.5 Å². The van der Waals surface area contributed by atoms with E-state index in [0.29, 0.717) is 19.6 Å². The van der Waals surface area contributed by atoms with Crippen LogP contribution < -0.4 is 9.62 Å². The van der Waals surface area contributed by atoms with Crippen LogP contribution in [0.2, 0.25) is 0 Å². The molecular weight excluding hydrogens is 354 g/mol. The molecule has 1 aromatic carbocycles. The van der Waals surface area contributed by atoms with Crippen LogP contribution in [0.15, 0.2) is 23.1 Å². The Morgan fingerprint density at radius 3 is 2.81 bits per heavy atom. The Kier molecular flexibility index (Phi) is 5.34. The van der Waals surface area contributed by atoms with Crippen molar-refractivity contribution in [2.75, 3.05) is 24.5 Å². The fraction of sp³-hybridized carbons (Fsp3) is 0.556. The third kappa shape index (κ3) is 3.76. The van der Waals surface area contributed by atoms with E-state index in [9.17, 15) is 18.0 Å². The lowest BCUT2D eigenvalue weighted by molar-refractivity contribution is -0.127. The zero-order valence-corrected chi connectivity index (χ0v) is 16.0. The predicted octanol–water partition coefficient (Wildman–Crippen LogP) is 1.27. The molecule has 26 heavy (non-hydrogen) atoms. The van der Waals surface area contributed by atoms with Gasteiger partial charge in [0.05, 0.1) is 4.90 Å². The number of aryl methyl sites for hydroxylation is 1. The van der Waals surface area contributed by atoms with Gasteiger partial charge in [-0.05, 0) is 43.0 Å². The fourth-order valence-electron chi connectivity index (χ4n) is 3.69. The molecule has 0 unspecified atom stereocenters. The second kappa shape index (κ2) is 7.36. The number of carbonyl (C=O) groups excluding carboxylic acids is 2. The molecule has 8 heteroatoms. The lowest BCUT2D eigenvalue weighted by Gasteiger charge is -2.29. The van der Waals surface area contributed by atoms with Crippen LogP contribution in [0.25, 0.3) is 0 Å². The molecule has 2 amide bonds. The van der Waals surface area contributed by atoms with Crippen molar-refractivity contribution in [3.63, 3.8) is 0 Å². The fourth-order valence-corrected chi connectivity index (χ4v) is 4.97. The molecule has 3 rings (SSSR count). The summed E-state index contributed by atoms with van der Waals surface area (Å²) in [5.74, 6) is -0.0535. The average molecular weight is 379 g/mol. The van der Waals surface area contributed by atoms with Crippen molar-refractivity contribution in [3.8, 4) is 0 Å². The van der Waals surface area contributed by atoms with Gasteiger partial charge >= 0.3 is 0 Å². The van der Waals surface area contributed by atoms with Crippen LogP contribution in [0.4, 0.5) is 5.69 Å². The van der Waals surface area contributed by atoms with E-state index in [4.69, 9.17) is 0 Å². The monoisotopic (exact) mass is 379 g/mol. The number of amides is 2. The van der Waals surface area contributed by atoms with Crippen molar-refractivity contribution in [1.29, 1.82) is 0 Å². The van der Waals surface area contributed by atoms with Crippen molar-refractivity contribution in [1.82, 2.24) is 9.62 Å². The molecule has 0 saturated carbocycles. The molecular formula is C18H25N3O4S. The lowest BCUT2D eigenvalue weighted by Crippen LogP contribution is -2.37. The Morgan fingerprint density at radius 2 is 2.12 bits per heavy atom. The Balaban J connectivity index is 1.78. The highest BCUT2D eigenvalue weighted by atomic mass is 32.2. The normalized spacial score (nSPS) is 20.4. The quantitative estimate of drug-likeness (QED) is 0.835. The minimum atomic E-state index is -3.71. The van der Waals surface area contributed by atoms with E-state index in [0.717, 1.165) is 30.5 Å². The van der Waals surface area contributed by atoms with Gasteiger partial charge in [-0.2, -0.15) is 0 Å². The van der Waals surface area contributed by atoms with E-state index in [2.05, 4.69) is 4.72 Å². The third-order valence-electron chi connectivity index (χ3n) is 4.89. The van der Waals surface area contributed by atoms with Gasteiger partial charge in [-0.3, -0.25) is 9.59 Å². The zero-order valence-electron chi connectivity index (χ0n) is 15.2. The summed E-state index contributed by atoms with van der Waals surface area (Å²) in [6, 6.07) is 4.48. The maximum absolute atomic E-state index is 12.7. The third-order valence-corrected chi connectivity index (χ3v) is 6.41. The number of carbonyl (C=O) groups is 2. The lowest BCUT2D eigenvalue weighted by atomic mass is 10.0. The standard InChI is InChI=1S/C18H25N3O4S/c1-3-8-20-12-15(11-18(20)23)19-26(24,25)16-6-7-17-14(10-16)5-4-9-21(17)13(2)22/h6-7,10,15,19H,3-5,8-9,11-12H2,1-2H3/t15-/m0/s1. The largest absolute Gasteiger partial charge is 0.341 e. The number of nitrogens with zero attached hydrogens (tertiary/aromatic N) is 2. The molecule has 7 nitrogen and oxygen atoms in total. The van der Waals surface area contributed by atoms with Gasteiger partial charge in [0.2, 0.25) is 21.8 Å². The average Bonchev–Trinajstić information content (AvgIpc) is 2.92. The number of fused-ring (bicyclic) bond motifs is 1. The number of benzene rings is 1. The summed E-state index contributed by atoms with van der Waals surface area (Å²) in [4.78, 5) is 27.3. The van der Waals surface area contributed by atoms with Crippen LogP contribution in [0.1, 0.15) is 38.7 Å². The SMILES string of the molecule is CCCN1C[C@@H](NS(=O)(=O)c2ccc3c(c2)CCCN3C(C)=O)CC1=O. The van der Waals surface area contributed by atoms with Crippen LogP contribution in [0, 0.1) is 0 Å². The molecule has 2 aliphatic heterocycles. The molecule has 1 fully saturated rings. The summed E-state index contributed by atoms with van der Waals surface area (Å²) in [6.45, 7) is 5.22. The summed E-state index contributed by atoms with van der Waals surface area (Å²) in [5, 5.41) is 0. The molecule has 142 valence electrons. The number of nitrogens with one attached hydrogen (secondary N) is 1. The second-order valence-electron chi connectivity index (χ2n) is 6.93. The smallest absolute Gasteiger partial charge is 0.240 e. The van der Waals surface area contributed by atoms with Crippen LogP contribution >= 0.6 is 0 Å². The van der Waals surface area contributed by atoms with Gasteiger partial charge in [0.15, 0.2) is 0 Å². The molecule has 1 saturated heterocycles. The highest BCUT2D eigenvalue weighted by Gasteiger charge is 2.32. The van der Waals surface area contributed by atoms with Crippen molar-refractivity contribution < 1.29 is 18.0 Å². The second-order valence-corrected chi connectivity index (χ2v) is 8.64. The number of rotatable bonds is 5. The van der Waals surface area contributed by atoms with Crippen molar-refractivity contribution in [3.05, 3.63) is 23.8 Å². The molecule has 1 aromatic rings. The molecule has 1 atom stereocenters. The number of anilines is 1. The molecule has 2 heterocycles. The van der Waals surface area contributed by atoms with Gasteiger partial charge in [0, 0.05) is 44.7 Å². The Labute approximate surface area is 154 Å². The van der Waals surface area contributed by atoms with Gasteiger partial charge in [-0.1, -0.05) is 6.92 Å². The number of likely N-dealkylation sites (tertiary alicyclic amines) is 1. The predicted molar refractivity (Wildman–Crippen MR) is 98.4 cm³/mol. The minimum absolute atomic E-state index is 0.0120. The molecule has 1 N–H and O–H groups in total. The molecule has 0 radical (unpaired) electrons. The van der Waals surface area contributed by atoms with E-state index in [1.165, 1.54) is 13.0 Å². The van der Waals surface area contributed by atoms with Crippen LogP contribution in [0.3, 0.4) is 0 Å². The van der Waals surface area contributed by atoms with Crippen LogP contribution in [-0.4, -0.2) is 50.8 Å². The van der Waals surface area contributed by atoms with Gasteiger partial charge in [0.1, 0.15) is 0 Å². The number of sulfonamides is 1.